The number of carbonyl (C=O) groups excluding carboxylic acids is 3. The Morgan fingerprint density at radius 3 is 2.33 bits per heavy atom. The van der Waals surface area contributed by atoms with E-state index < -0.39 is 29.6 Å². The molecule has 208 valence electrons. The summed E-state index contributed by atoms with van der Waals surface area (Å²) in [4.78, 5) is 45.1. The largest absolute Gasteiger partial charge is 0.396 e. The van der Waals surface area contributed by atoms with Crippen molar-refractivity contribution in [2.45, 2.75) is 57.3 Å². The lowest BCUT2D eigenvalue weighted by atomic mass is 9.70. The molecule has 0 aromatic heterocycles. The average Bonchev–Trinajstić information content (AvgIpc) is 3.58. The number of fused-ring (bicyclic) bond motifs is 1. The van der Waals surface area contributed by atoms with Crippen molar-refractivity contribution in [2.75, 3.05) is 41.8 Å². The Hall–Kier alpha value is -3.43. The molecule has 9 heteroatoms. The first-order valence-electron chi connectivity index (χ1n) is 14.0. The minimum absolute atomic E-state index is 0.00698. The van der Waals surface area contributed by atoms with Gasteiger partial charge in [-0.1, -0.05) is 18.2 Å². The first kappa shape index (κ1) is 27.1. The van der Waals surface area contributed by atoms with E-state index in [1.54, 1.807) is 17.0 Å². The molecule has 0 aliphatic carbocycles. The third-order valence-corrected chi connectivity index (χ3v) is 8.46. The Bertz CT molecular complexity index is 1190. The average molecular weight is 535 g/mol. The van der Waals surface area contributed by atoms with Crippen molar-refractivity contribution in [3.8, 4) is 0 Å². The van der Waals surface area contributed by atoms with Gasteiger partial charge in [-0.05, 0) is 75.9 Å². The number of carbonyl (C=O) groups is 3. The molecule has 3 saturated heterocycles. The molecule has 3 fully saturated rings. The van der Waals surface area contributed by atoms with Gasteiger partial charge in [0.2, 0.25) is 17.7 Å². The number of amides is 3. The standard InChI is InChI=1S/C30H38N4O5/c1-3-33(4-2)22-14-12-21(13-15-22)32-28(37)26-30-17-16-23(39-30)24(27(36)31-20-10-6-5-7-11-20)25(30)29(38)34(26)18-8-9-19-35/h5-7,10-15,23-26,35H,3-4,8-9,16-19H2,1-2H3,(H,31,36)(H,32,37)/t23-,24+,25+,26?,30?/m1/s1. The van der Waals surface area contributed by atoms with Crippen LogP contribution in [0.25, 0.3) is 0 Å². The first-order valence-corrected chi connectivity index (χ1v) is 14.0. The van der Waals surface area contributed by atoms with Gasteiger partial charge in [0.1, 0.15) is 11.6 Å². The van der Waals surface area contributed by atoms with E-state index in [1.807, 2.05) is 42.5 Å². The normalized spacial score (nSPS) is 26.9. The first-order chi connectivity index (χ1) is 18.9. The summed E-state index contributed by atoms with van der Waals surface area (Å²) in [5.41, 5.74) is 1.32. The third kappa shape index (κ3) is 4.89. The summed E-state index contributed by atoms with van der Waals surface area (Å²) < 4.78 is 6.47. The van der Waals surface area contributed by atoms with Gasteiger partial charge in [-0.3, -0.25) is 14.4 Å². The van der Waals surface area contributed by atoms with Crippen LogP contribution in [0.5, 0.6) is 0 Å². The smallest absolute Gasteiger partial charge is 0.250 e. The molecule has 3 heterocycles. The number of nitrogens with zero attached hydrogens (tertiary/aromatic N) is 2. The van der Waals surface area contributed by atoms with E-state index in [-0.39, 0.29) is 24.3 Å². The Morgan fingerprint density at radius 1 is 1.00 bits per heavy atom. The maximum Gasteiger partial charge on any atom is 0.250 e. The number of aliphatic hydroxyl groups excluding tert-OH is 1. The molecule has 2 bridgehead atoms. The van der Waals surface area contributed by atoms with Crippen LogP contribution in [0.15, 0.2) is 54.6 Å². The Morgan fingerprint density at radius 2 is 1.67 bits per heavy atom. The molecule has 0 radical (unpaired) electrons. The fraction of sp³-hybridized carbons (Fsp3) is 0.500. The molecule has 0 saturated carbocycles. The molecule has 5 atom stereocenters. The van der Waals surface area contributed by atoms with E-state index in [1.165, 1.54) is 0 Å². The van der Waals surface area contributed by atoms with Crippen LogP contribution < -0.4 is 15.5 Å². The van der Waals surface area contributed by atoms with Crippen LogP contribution in [-0.2, 0) is 19.1 Å². The number of para-hydroxylation sites is 1. The summed E-state index contributed by atoms with van der Waals surface area (Å²) in [5.74, 6) is -2.18. The van der Waals surface area contributed by atoms with Crippen LogP contribution in [0.4, 0.5) is 17.1 Å². The molecule has 2 aromatic rings. The molecule has 3 amide bonds. The fourth-order valence-electron chi connectivity index (χ4n) is 6.69. The quantitative estimate of drug-likeness (QED) is 0.382. The zero-order valence-electron chi connectivity index (χ0n) is 22.6. The van der Waals surface area contributed by atoms with Crippen LogP contribution in [-0.4, -0.2) is 71.7 Å². The summed E-state index contributed by atoms with van der Waals surface area (Å²) in [5, 5.41) is 15.3. The monoisotopic (exact) mass is 534 g/mol. The van der Waals surface area contributed by atoms with Gasteiger partial charge in [-0.15, -0.1) is 0 Å². The van der Waals surface area contributed by atoms with E-state index in [2.05, 4.69) is 29.4 Å². The number of aliphatic hydroxyl groups is 1. The molecule has 3 N–H and O–H groups in total. The summed E-state index contributed by atoms with van der Waals surface area (Å²) in [6, 6.07) is 16.0. The molecule has 1 spiro atoms. The Kier molecular flexibility index (Phi) is 7.91. The second-order valence-electron chi connectivity index (χ2n) is 10.6. The number of nitrogens with one attached hydrogen (secondary N) is 2. The van der Waals surface area contributed by atoms with Crippen molar-refractivity contribution in [3.63, 3.8) is 0 Å². The lowest BCUT2D eigenvalue weighted by molar-refractivity contribution is -0.139. The van der Waals surface area contributed by atoms with E-state index in [0.717, 1.165) is 18.8 Å². The summed E-state index contributed by atoms with van der Waals surface area (Å²) in [7, 11) is 0. The summed E-state index contributed by atoms with van der Waals surface area (Å²) in [6.07, 6.45) is 1.81. The Balaban J connectivity index is 1.40. The molecule has 39 heavy (non-hydrogen) atoms. The number of anilines is 3. The van der Waals surface area contributed by atoms with Crippen molar-refractivity contribution in [1.82, 2.24) is 4.90 Å². The van der Waals surface area contributed by atoms with Crippen molar-refractivity contribution in [2.24, 2.45) is 11.8 Å². The minimum atomic E-state index is -1.05. The molecule has 3 aliphatic rings. The summed E-state index contributed by atoms with van der Waals surface area (Å²) >= 11 is 0. The van der Waals surface area contributed by atoms with Crippen LogP contribution in [0.2, 0.25) is 0 Å². The lowest BCUT2D eigenvalue weighted by Gasteiger charge is -2.33. The van der Waals surface area contributed by atoms with Crippen LogP contribution in [0, 0.1) is 11.8 Å². The highest BCUT2D eigenvalue weighted by molar-refractivity contribution is 6.05. The molecule has 2 unspecified atom stereocenters. The highest BCUT2D eigenvalue weighted by Crippen LogP contribution is 2.58. The van der Waals surface area contributed by atoms with E-state index in [4.69, 9.17) is 4.74 Å². The van der Waals surface area contributed by atoms with Crippen LogP contribution in [0.1, 0.15) is 39.5 Å². The number of benzene rings is 2. The summed E-state index contributed by atoms with van der Waals surface area (Å²) in [6.45, 7) is 6.29. The number of unbranched alkanes of at least 4 members (excludes halogenated alkanes) is 1. The number of hydrogen-bond donors (Lipinski definition) is 3. The third-order valence-electron chi connectivity index (χ3n) is 8.46. The molecular formula is C30H38N4O5. The van der Waals surface area contributed by atoms with Crippen molar-refractivity contribution in [1.29, 1.82) is 0 Å². The van der Waals surface area contributed by atoms with Gasteiger partial charge in [0.25, 0.3) is 0 Å². The zero-order chi connectivity index (χ0) is 27.6. The molecule has 3 aliphatic heterocycles. The lowest BCUT2D eigenvalue weighted by Crippen LogP contribution is -2.53. The Labute approximate surface area is 229 Å². The maximum atomic E-state index is 13.9. The number of ether oxygens (including phenoxy) is 1. The predicted molar refractivity (Wildman–Crippen MR) is 149 cm³/mol. The van der Waals surface area contributed by atoms with Gasteiger partial charge in [0.05, 0.1) is 17.9 Å². The molecule has 2 aromatic carbocycles. The van der Waals surface area contributed by atoms with Crippen molar-refractivity contribution >= 4 is 34.8 Å². The second-order valence-corrected chi connectivity index (χ2v) is 10.6. The van der Waals surface area contributed by atoms with Gasteiger partial charge in [0.15, 0.2) is 0 Å². The molecule has 5 rings (SSSR count). The number of rotatable bonds is 11. The number of hydrogen-bond acceptors (Lipinski definition) is 6. The van der Waals surface area contributed by atoms with Crippen LogP contribution >= 0.6 is 0 Å². The van der Waals surface area contributed by atoms with E-state index in [0.29, 0.717) is 43.6 Å². The highest BCUT2D eigenvalue weighted by atomic mass is 16.5. The van der Waals surface area contributed by atoms with E-state index >= 15 is 0 Å². The molecule has 9 nitrogen and oxygen atoms in total. The second kappa shape index (κ2) is 11.4. The fourth-order valence-corrected chi connectivity index (χ4v) is 6.69. The van der Waals surface area contributed by atoms with Gasteiger partial charge in [-0.25, -0.2) is 0 Å². The minimum Gasteiger partial charge on any atom is -0.396 e. The predicted octanol–water partition coefficient (Wildman–Crippen LogP) is 3.26. The van der Waals surface area contributed by atoms with Gasteiger partial charge in [0, 0.05) is 43.3 Å². The molecular weight excluding hydrogens is 496 g/mol. The van der Waals surface area contributed by atoms with Gasteiger partial charge in [-0.2, -0.15) is 0 Å². The van der Waals surface area contributed by atoms with Gasteiger partial charge < -0.3 is 30.3 Å². The topological polar surface area (TPSA) is 111 Å². The zero-order valence-corrected chi connectivity index (χ0v) is 22.6. The van der Waals surface area contributed by atoms with Gasteiger partial charge >= 0.3 is 0 Å². The van der Waals surface area contributed by atoms with Crippen LogP contribution in [0.3, 0.4) is 0 Å². The van der Waals surface area contributed by atoms with E-state index in [9.17, 15) is 19.5 Å². The highest BCUT2D eigenvalue weighted by Gasteiger charge is 2.74. The van der Waals surface area contributed by atoms with Crippen molar-refractivity contribution in [3.05, 3.63) is 54.6 Å². The number of likely N-dealkylation sites (tertiary alicyclic amines) is 1. The maximum absolute atomic E-state index is 13.9. The SMILES string of the molecule is CCN(CC)c1ccc(NC(=O)C2N(CCCCO)C(=O)[C@@H]3[C@@H](C(=O)Nc4ccccc4)[C@H]4CCC23O4)cc1. The van der Waals surface area contributed by atoms with Crippen molar-refractivity contribution < 1.29 is 24.2 Å².